The maximum Gasteiger partial charge on any atom is 0.153 e. The summed E-state index contributed by atoms with van der Waals surface area (Å²) in [6, 6.07) is 0. The Labute approximate surface area is 42.9 Å². The first-order chi connectivity index (χ1) is 3.30. The van der Waals surface area contributed by atoms with Gasteiger partial charge in [-0.1, -0.05) is 6.92 Å². The minimum Gasteiger partial charge on any atom is -0.288 e. The Kier molecular flexibility index (Phi) is 1.28. The molecular weight excluding hydrogens is 93.1 g/mol. The second kappa shape index (κ2) is 1.78. The van der Waals surface area contributed by atoms with Crippen LogP contribution in [0.4, 0.5) is 4.39 Å². The zero-order chi connectivity index (χ0) is 5.28. The summed E-state index contributed by atoms with van der Waals surface area (Å²) < 4.78 is 12.2. The van der Waals surface area contributed by atoms with Crippen LogP contribution >= 0.6 is 0 Å². The van der Waals surface area contributed by atoms with Crippen molar-refractivity contribution >= 4 is 0 Å². The number of hydrogen-bond donors (Lipinski definition) is 1. The molecule has 0 saturated carbocycles. The van der Waals surface area contributed by atoms with Crippen molar-refractivity contribution in [2.75, 3.05) is 6.54 Å². The second-order valence-electron chi connectivity index (χ2n) is 2.12. The van der Waals surface area contributed by atoms with Gasteiger partial charge >= 0.3 is 0 Å². The van der Waals surface area contributed by atoms with E-state index in [2.05, 4.69) is 5.32 Å². The third-order valence-electron chi connectivity index (χ3n) is 1.44. The van der Waals surface area contributed by atoms with Gasteiger partial charge in [-0.15, -0.1) is 0 Å². The molecule has 0 radical (unpaired) electrons. The van der Waals surface area contributed by atoms with Crippen LogP contribution in [-0.4, -0.2) is 12.8 Å². The first-order valence-electron chi connectivity index (χ1n) is 2.68. The first-order valence-corrected chi connectivity index (χ1v) is 2.68. The van der Waals surface area contributed by atoms with Crippen molar-refractivity contribution in [2.24, 2.45) is 5.92 Å². The Morgan fingerprint density at radius 2 is 2.43 bits per heavy atom. The summed E-state index contributed by atoms with van der Waals surface area (Å²) in [7, 11) is 0. The molecule has 2 atom stereocenters. The Morgan fingerprint density at radius 1 is 1.71 bits per heavy atom. The Balaban J connectivity index is 2.33. The summed E-state index contributed by atoms with van der Waals surface area (Å²) in [5.74, 6) is 0.236. The van der Waals surface area contributed by atoms with Crippen LogP contribution in [0.15, 0.2) is 0 Å². The largest absolute Gasteiger partial charge is 0.288 e. The summed E-state index contributed by atoms with van der Waals surface area (Å²) in [4.78, 5) is 0. The van der Waals surface area contributed by atoms with Gasteiger partial charge in [0, 0.05) is 5.92 Å². The van der Waals surface area contributed by atoms with Crippen LogP contribution in [0.3, 0.4) is 0 Å². The fourth-order valence-corrected chi connectivity index (χ4v) is 0.796. The molecule has 0 bridgehead atoms. The molecule has 0 aromatic heterocycles. The Bertz CT molecular complexity index is 57.1. The lowest BCUT2D eigenvalue weighted by molar-refractivity contribution is 0.251. The SMILES string of the molecule is CC1CCNC1F. The fraction of sp³-hybridized carbons (Fsp3) is 1.00. The molecule has 1 saturated heterocycles. The molecule has 2 heteroatoms. The summed E-state index contributed by atoms with van der Waals surface area (Å²) >= 11 is 0. The molecule has 1 N–H and O–H groups in total. The number of rotatable bonds is 0. The molecule has 0 aliphatic carbocycles. The lowest BCUT2D eigenvalue weighted by Crippen LogP contribution is -2.19. The van der Waals surface area contributed by atoms with Gasteiger partial charge < -0.3 is 0 Å². The number of alkyl halides is 1. The summed E-state index contributed by atoms with van der Waals surface area (Å²) in [5, 5.41) is 2.70. The highest BCUT2D eigenvalue weighted by molar-refractivity contribution is 4.71. The predicted molar refractivity (Wildman–Crippen MR) is 26.7 cm³/mol. The third kappa shape index (κ3) is 0.911. The quantitative estimate of drug-likeness (QED) is 0.449. The molecule has 7 heavy (non-hydrogen) atoms. The minimum absolute atomic E-state index is 0.236. The van der Waals surface area contributed by atoms with Crippen LogP contribution in [0.5, 0.6) is 0 Å². The average molecular weight is 103 g/mol. The van der Waals surface area contributed by atoms with Gasteiger partial charge in [-0.05, 0) is 13.0 Å². The standard InChI is InChI=1S/C5H10FN/c1-4-2-3-7-5(4)6/h4-5,7H,2-3H2,1H3. The molecule has 0 spiro atoms. The van der Waals surface area contributed by atoms with Crippen molar-refractivity contribution in [2.45, 2.75) is 19.6 Å². The topological polar surface area (TPSA) is 12.0 Å². The second-order valence-corrected chi connectivity index (χ2v) is 2.12. The number of halogens is 1. The van der Waals surface area contributed by atoms with E-state index in [1.54, 1.807) is 0 Å². The highest BCUT2D eigenvalue weighted by atomic mass is 19.1. The molecule has 42 valence electrons. The maximum absolute atomic E-state index is 12.2. The van der Waals surface area contributed by atoms with E-state index in [-0.39, 0.29) is 5.92 Å². The van der Waals surface area contributed by atoms with E-state index in [1.165, 1.54) is 0 Å². The van der Waals surface area contributed by atoms with E-state index < -0.39 is 6.30 Å². The molecule has 2 unspecified atom stereocenters. The molecule has 1 heterocycles. The van der Waals surface area contributed by atoms with E-state index in [1.807, 2.05) is 6.92 Å². The molecule has 0 aromatic rings. The summed E-state index contributed by atoms with van der Waals surface area (Å²) in [6.45, 7) is 2.77. The normalized spacial score (nSPS) is 42.0. The summed E-state index contributed by atoms with van der Waals surface area (Å²) in [5.41, 5.74) is 0. The van der Waals surface area contributed by atoms with E-state index in [0.29, 0.717) is 0 Å². The molecule has 1 aliphatic rings. The van der Waals surface area contributed by atoms with Gasteiger partial charge in [-0.2, -0.15) is 0 Å². The van der Waals surface area contributed by atoms with Gasteiger partial charge in [0.2, 0.25) is 0 Å². The van der Waals surface area contributed by atoms with Crippen molar-refractivity contribution in [3.63, 3.8) is 0 Å². The van der Waals surface area contributed by atoms with Crippen LogP contribution in [0.2, 0.25) is 0 Å². The van der Waals surface area contributed by atoms with Crippen molar-refractivity contribution < 1.29 is 4.39 Å². The molecule has 1 aliphatic heterocycles. The van der Waals surface area contributed by atoms with Crippen LogP contribution < -0.4 is 5.32 Å². The fourth-order valence-electron chi connectivity index (χ4n) is 0.796. The molecular formula is C5H10FN. The predicted octanol–water partition coefficient (Wildman–Crippen LogP) is 0.911. The van der Waals surface area contributed by atoms with Crippen molar-refractivity contribution in [3.8, 4) is 0 Å². The van der Waals surface area contributed by atoms with E-state index >= 15 is 0 Å². The van der Waals surface area contributed by atoms with E-state index in [0.717, 1.165) is 13.0 Å². The zero-order valence-electron chi connectivity index (χ0n) is 4.45. The maximum atomic E-state index is 12.2. The van der Waals surface area contributed by atoms with Gasteiger partial charge in [0.25, 0.3) is 0 Å². The molecule has 0 aromatic carbocycles. The van der Waals surface area contributed by atoms with E-state index in [9.17, 15) is 4.39 Å². The van der Waals surface area contributed by atoms with Gasteiger partial charge in [-0.25, -0.2) is 4.39 Å². The summed E-state index contributed by atoms with van der Waals surface area (Å²) in [6.07, 6.45) is 0.251. The Hall–Kier alpha value is -0.110. The highest BCUT2D eigenvalue weighted by Gasteiger charge is 2.20. The first kappa shape index (κ1) is 5.04. The number of nitrogens with one attached hydrogen (secondary N) is 1. The average Bonchev–Trinajstić information content (AvgIpc) is 1.91. The van der Waals surface area contributed by atoms with Crippen LogP contribution in [0.25, 0.3) is 0 Å². The monoisotopic (exact) mass is 103 g/mol. The van der Waals surface area contributed by atoms with E-state index in [4.69, 9.17) is 0 Å². The Morgan fingerprint density at radius 3 is 2.57 bits per heavy atom. The van der Waals surface area contributed by atoms with Crippen LogP contribution in [0.1, 0.15) is 13.3 Å². The highest BCUT2D eigenvalue weighted by Crippen LogP contribution is 2.13. The third-order valence-corrected chi connectivity index (χ3v) is 1.44. The molecule has 1 rings (SSSR count). The zero-order valence-corrected chi connectivity index (χ0v) is 4.45. The van der Waals surface area contributed by atoms with Crippen molar-refractivity contribution in [1.82, 2.24) is 5.32 Å². The van der Waals surface area contributed by atoms with Gasteiger partial charge in [0.05, 0.1) is 0 Å². The molecule has 1 fully saturated rings. The minimum atomic E-state index is -0.736. The van der Waals surface area contributed by atoms with Crippen molar-refractivity contribution in [1.29, 1.82) is 0 Å². The lowest BCUT2D eigenvalue weighted by atomic mass is 10.1. The molecule has 1 nitrogen and oxygen atoms in total. The smallest absolute Gasteiger partial charge is 0.153 e. The van der Waals surface area contributed by atoms with Crippen LogP contribution in [-0.2, 0) is 0 Å². The molecule has 0 amide bonds. The van der Waals surface area contributed by atoms with Gasteiger partial charge in [-0.3, -0.25) is 5.32 Å². The van der Waals surface area contributed by atoms with Gasteiger partial charge in [0.15, 0.2) is 6.30 Å². The number of hydrogen-bond acceptors (Lipinski definition) is 1. The van der Waals surface area contributed by atoms with Crippen molar-refractivity contribution in [3.05, 3.63) is 0 Å². The van der Waals surface area contributed by atoms with Crippen LogP contribution in [0, 0.1) is 5.92 Å². The lowest BCUT2D eigenvalue weighted by Gasteiger charge is -2.01. The van der Waals surface area contributed by atoms with Gasteiger partial charge in [0.1, 0.15) is 0 Å².